The molecule has 98 valence electrons. The Hall–Kier alpha value is -2.07. The number of fused-ring (bicyclic) bond motifs is 2. The zero-order valence-electron chi connectivity index (χ0n) is 11.0. The molecule has 1 N–H and O–H groups in total. The lowest BCUT2D eigenvalue weighted by atomic mass is 9.98. The molecule has 0 saturated carbocycles. The highest BCUT2D eigenvalue weighted by Crippen LogP contribution is 2.33. The number of furan rings is 1. The standard InChI is InChI=1S/C15H14O4/c1-7-8(2)15(17)19-12-4-11-14(9(3)13(7)12)10(5-16)6-18-11/h4,6,16H,5H2,1-3H3. The van der Waals surface area contributed by atoms with Crippen molar-refractivity contribution in [1.82, 2.24) is 0 Å². The van der Waals surface area contributed by atoms with Gasteiger partial charge in [-0.15, -0.1) is 0 Å². The summed E-state index contributed by atoms with van der Waals surface area (Å²) in [4.78, 5) is 11.7. The van der Waals surface area contributed by atoms with Crippen LogP contribution >= 0.6 is 0 Å². The summed E-state index contributed by atoms with van der Waals surface area (Å²) >= 11 is 0. The lowest BCUT2D eigenvalue weighted by Gasteiger charge is -2.08. The summed E-state index contributed by atoms with van der Waals surface area (Å²) in [6, 6.07) is 1.71. The van der Waals surface area contributed by atoms with Gasteiger partial charge >= 0.3 is 5.63 Å². The third kappa shape index (κ3) is 1.53. The van der Waals surface area contributed by atoms with Gasteiger partial charge in [-0.05, 0) is 31.9 Å². The van der Waals surface area contributed by atoms with E-state index in [0.717, 1.165) is 27.5 Å². The van der Waals surface area contributed by atoms with E-state index in [-0.39, 0.29) is 12.2 Å². The topological polar surface area (TPSA) is 63.6 Å². The molecule has 3 aromatic rings. The van der Waals surface area contributed by atoms with Crippen LogP contribution in [-0.4, -0.2) is 5.11 Å². The maximum Gasteiger partial charge on any atom is 0.339 e. The van der Waals surface area contributed by atoms with E-state index in [4.69, 9.17) is 8.83 Å². The van der Waals surface area contributed by atoms with Crippen LogP contribution in [-0.2, 0) is 6.61 Å². The van der Waals surface area contributed by atoms with Gasteiger partial charge in [0.1, 0.15) is 11.2 Å². The summed E-state index contributed by atoms with van der Waals surface area (Å²) in [5.74, 6) is 0. The molecule has 0 fully saturated rings. The monoisotopic (exact) mass is 258 g/mol. The molecule has 0 spiro atoms. The summed E-state index contributed by atoms with van der Waals surface area (Å²) < 4.78 is 10.7. The average molecular weight is 258 g/mol. The zero-order valence-corrected chi connectivity index (χ0v) is 11.0. The van der Waals surface area contributed by atoms with Crippen LogP contribution in [0.3, 0.4) is 0 Å². The minimum Gasteiger partial charge on any atom is -0.464 e. The minimum absolute atomic E-state index is 0.0752. The van der Waals surface area contributed by atoms with Gasteiger partial charge in [-0.1, -0.05) is 0 Å². The van der Waals surface area contributed by atoms with Crippen LogP contribution in [0.1, 0.15) is 22.3 Å². The van der Waals surface area contributed by atoms with Gasteiger partial charge in [0.05, 0.1) is 12.9 Å². The van der Waals surface area contributed by atoms with Crippen molar-refractivity contribution < 1.29 is 13.9 Å². The number of hydrogen-bond donors (Lipinski definition) is 1. The molecule has 0 amide bonds. The van der Waals surface area contributed by atoms with Crippen LogP contribution in [0.2, 0.25) is 0 Å². The van der Waals surface area contributed by atoms with Crippen molar-refractivity contribution in [3.8, 4) is 0 Å². The molecule has 4 heteroatoms. The molecular formula is C15H14O4. The van der Waals surface area contributed by atoms with Gasteiger partial charge in [-0.2, -0.15) is 0 Å². The highest BCUT2D eigenvalue weighted by atomic mass is 16.4. The van der Waals surface area contributed by atoms with Crippen molar-refractivity contribution >= 4 is 21.9 Å². The van der Waals surface area contributed by atoms with Gasteiger partial charge in [0.25, 0.3) is 0 Å². The molecule has 2 heterocycles. The fraction of sp³-hybridized carbons (Fsp3) is 0.267. The van der Waals surface area contributed by atoms with Crippen molar-refractivity contribution in [2.45, 2.75) is 27.4 Å². The number of benzene rings is 1. The van der Waals surface area contributed by atoms with E-state index in [9.17, 15) is 9.90 Å². The minimum atomic E-state index is -0.322. The highest BCUT2D eigenvalue weighted by Gasteiger charge is 2.16. The van der Waals surface area contributed by atoms with Gasteiger partial charge in [0, 0.05) is 28.0 Å². The third-order valence-corrected chi connectivity index (χ3v) is 3.77. The van der Waals surface area contributed by atoms with Crippen LogP contribution in [0, 0.1) is 20.8 Å². The molecule has 0 aliphatic heterocycles. The predicted molar refractivity (Wildman–Crippen MR) is 72.4 cm³/mol. The van der Waals surface area contributed by atoms with Gasteiger partial charge in [-0.3, -0.25) is 0 Å². The van der Waals surface area contributed by atoms with Crippen LogP contribution in [0.4, 0.5) is 0 Å². The second-order valence-corrected chi connectivity index (χ2v) is 4.81. The Morgan fingerprint density at radius 3 is 2.47 bits per heavy atom. The smallest absolute Gasteiger partial charge is 0.339 e. The van der Waals surface area contributed by atoms with Crippen LogP contribution in [0.5, 0.6) is 0 Å². The normalized spacial score (nSPS) is 11.6. The number of aliphatic hydroxyl groups is 1. The molecule has 0 aliphatic carbocycles. The van der Waals surface area contributed by atoms with Gasteiger partial charge in [-0.25, -0.2) is 4.79 Å². The molecule has 0 saturated heterocycles. The molecule has 1 aromatic carbocycles. The van der Waals surface area contributed by atoms with Gasteiger partial charge in [0.2, 0.25) is 0 Å². The van der Waals surface area contributed by atoms with Crippen molar-refractivity contribution in [1.29, 1.82) is 0 Å². The maximum atomic E-state index is 11.7. The maximum absolute atomic E-state index is 11.7. The average Bonchev–Trinajstić information content (AvgIpc) is 2.79. The molecule has 3 rings (SSSR count). The number of aryl methyl sites for hydroxylation is 2. The van der Waals surface area contributed by atoms with Crippen molar-refractivity contribution in [2.24, 2.45) is 0 Å². The van der Waals surface area contributed by atoms with E-state index in [1.165, 1.54) is 6.26 Å². The molecule has 0 radical (unpaired) electrons. The molecule has 2 aromatic heterocycles. The van der Waals surface area contributed by atoms with E-state index in [2.05, 4.69) is 0 Å². The summed E-state index contributed by atoms with van der Waals surface area (Å²) in [7, 11) is 0. The third-order valence-electron chi connectivity index (χ3n) is 3.77. The van der Waals surface area contributed by atoms with Gasteiger partial charge in [0.15, 0.2) is 0 Å². The summed E-state index contributed by atoms with van der Waals surface area (Å²) in [6.45, 7) is 5.54. The van der Waals surface area contributed by atoms with Crippen molar-refractivity contribution in [3.05, 3.63) is 45.0 Å². The Morgan fingerprint density at radius 2 is 1.79 bits per heavy atom. The number of rotatable bonds is 1. The van der Waals surface area contributed by atoms with Crippen molar-refractivity contribution in [2.75, 3.05) is 0 Å². The van der Waals surface area contributed by atoms with E-state index >= 15 is 0 Å². The first-order chi connectivity index (χ1) is 9.04. The van der Waals surface area contributed by atoms with Crippen LogP contribution < -0.4 is 5.63 Å². The lowest BCUT2D eigenvalue weighted by molar-refractivity contribution is 0.281. The summed E-state index contributed by atoms with van der Waals surface area (Å²) in [6.07, 6.45) is 1.54. The van der Waals surface area contributed by atoms with Crippen LogP contribution in [0.15, 0.2) is 26.0 Å². The highest BCUT2D eigenvalue weighted by molar-refractivity contribution is 6.00. The summed E-state index contributed by atoms with van der Waals surface area (Å²) in [5, 5.41) is 11.2. The lowest BCUT2D eigenvalue weighted by Crippen LogP contribution is -2.06. The van der Waals surface area contributed by atoms with Crippen molar-refractivity contribution in [3.63, 3.8) is 0 Å². The fourth-order valence-electron chi connectivity index (χ4n) is 2.62. The Morgan fingerprint density at radius 1 is 1.05 bits per heavy atom. The second-order valence-electron chi connectivity index (χ2n) is 4.81. The second kappa shape index (κ2) is 3.96. The number of aliphatic hydroxyl groups excluding tert-OH is 1. The Kier molecular flexibility index (Phi) is 2.50. The molecule has 0 bridgehead atoms. The van der Waals surface area contributed by atoms with Crippen LogP contribution in [0.25, 0.3) is 21.9 Å². The Balaban J connectivity index is 2.61. The van der Waals surface area contributed by atoms with E-state index in [1.54, 1.807) is 13.0 Å². The molecule has 4 nitrogen and oxygen atoms in total. The molecule has 0 unspecified atom stereocenters. The quantitative estimate of drug-likeness (QED) is 0.681. The molecule has 0 aliphatic rings. The fourth-order valence-corrected chi connectivity index (χ4v) is 2.62. The zero-order chi connectivity index (χ0) is 13.7. The first-order valence-corrected chi connectivity index (χ1v) is 6.09. The largest absolute Gasteiger partial charge is 0.464 e. The first-order valence-electron chi connectivity index (χ1n) is 6.09. The van der Waals surface area contributed by atoms with E-state index in [1.807, 2.05) is 13.8 Å². The predicted octanol–water partition coefficient (Wildman–Crippen LogP) is 2.96. The molecular weight excluding hydrogens is 244 g/mol. The van der Waals surface area contributed by atoms with E-state index in [0.29, 0.717) is 16.7 Å². The molecule has 0 atom stereocenters. The summed E-state index contributed by atoms with van der Waals surface area (Å²) in [5.41, 5.74) is 4.07. The molecule has 19 heavy (non-hydrogen) atoms. The SMILES string of the molecule is Cc1c(C)c2c(C)c3c(CO)coc3cc2oc1=O. The van der Waals surface area contributed by atoms with Gasteiger partial charge < -0.3 is 13.9 Å². The van der Waals surface area contributed by atoms with E-state index < -0.39 is 0 Å². The first kappa shape index (κ1) is 12.0. The Bertz CT molecular complexity index is 852. The Labute approximate surface area is 109 Å². The number of hydrogen-bond acceptors (Lipinski definition) is 4.